The molecule has 0 bridgehead atoms. The van der Waals surface area contributed by atoms with Gasteiger partial charge in [0, 0.05) is 30.4 Å². The van der Waals surface area contributed by atoms with E-state index in [0.29, 0.717) is 49.1 Å². The molecule has 1 saturated carbocycles. The van der Waals surface area contributed by atoms with Crippen LogP contribution in [0.4, 0.5) is 10.5 Å². The van der Waals surface area contributed by atoms with Crippen LogP contribution in [-0.2, 0) is 17.8 Å². The highest BCUT2D eigenvalue weighted by atomic mass is 16.5. The van der Waals surface area contributed by atoms with Crippen LogP contribution in [0.3, 0.4) is 0 Å². The molecule has 8 nitrogen and oxygen atoms in total. The molecule has 2 aromatic rings. The highest BCUT2D eigenvalue weighted by Crippen LogP contribution is 2.35. The molecule has 1 heterocycles. The summed E-state index contributed by atoms with van der Waals surface area (Å²) in [6.07, 6.45) is 5.64. The second kappa shape index (κ2) is 11.3. The fraction of sp³-hybridized carbons (Fsp3) is 0.481. The topological polar surface area (TPSA) is 88.5 Å². The molecule has 2 aromatic carbocycles. The van der Waals surface area contributed by atoms with Crippen LogP contribution in [0, 0.1) is 5.92 Å². The summed E-state index contributed by atoms with van der Waals surface area (Å²) >= 11 is 0. The lowest BCUT2D eigenvalue weighted by Crippen LogP contribution is -2.49. The number of methoxy groups -OCH3 is 2. The number of carbonyl (C=O) groups is 2. The average Bonchev–Trinajstić information content (AvgIpc) is 3.68. The van der Waals surface area contributed by atoms with Crippen molar-refractivity contribution >= 4 is 17.7 Å². The minimum absolute atomic E-state index is 0.0739. The number of carbonyl (C=O) groups excluding carboxylic acids is 1. The standard InChI is InChI=1S/C27H34N2O6/c1-33-23-11-10-22(17-25(23)35-14-3-5-19-6-7-19)29-13-4-12-28(27(29)32)18-21-9-8-20(16-26(30)31)15-24(21)34-2/h8-11,15,17,19H,3-7,12-14,16,18H2,1-2H3,(H,30,31). The molecule has 2 fully saturated rings. The number of hydrogen-bond acceptors (Lipinski definition) is 5. The van der Waals surface area contributed by atoms with E-state index in [-0.39, 0.29) is 12.5 Å². The van der Waals surface area contributed by atoms with Crippen LogP contribution >= 0.6 is 0 Å². The van der Waals surface area contributed by atoms with Crippen LogP contribution in [0.5, 0.6) is 17.2 Å². The van der Waals surface area contributed by atoms with Crippen molar-refractivity contribution in [3.8, 4) is 17.2 Å². The van der Waals surface area contributed by atoms with Crippen molar-refractivity contribution in [2.24, 2.45) is 5.92 Å². The Balaban J connectivity index is 1.45. The Bertz CT molecular complexity index is 1050. The minimum atomic E-state index is -0.896. The first-order chi connectivity index (χ1) is 17.0. The maximum absolute atomic E-state index is 13.4. The zero-order valence-corrected chi connectivity index (χ0v) is 20.5. The fourth-order valence-corrected chi connectivity index (χ4v) is 4.48. The summed E-state index contributed by atoms with van der Waals surface area (Å²) in [5, 5.41) is 9.05. The lowest BCUT2D eigenvalue weighted by molar-refractivity contribution is -0.136. The number of carboxylic acids is 1. The summed E-state index contributed by atoms with van der Waals surface area (Å²) in [6.45, 7) is 2.27. The second-order valence-electron chi connectivity index (χ2n) is 9.20. The third-order valence-corrected chi connectivity index (χ3v) is 6.55. The van der Waals surface area contributed by atoms with Crippen LogP contribution in [0.15, 0.2) is 36.4 Å². The highest BCUT2D eigenvalue weighted by molar-refractivity contribution is 5.93. The Labute approximate surface area is 206 Å². The van der Waals surface area contributed by atoms with Gasteiger partial charge >= 0.3 is 12.0 Å². The van der Waals surface area contributed by atoms with Gasteiger partial charge in [0.1, 0.15) is 5.75 Å². The normalized spacial score (nSPS) is 15.8. The third-order valence-electron chi connectivity index (χ3n) is 6.55. The van der Waals surface area contributed by atoms with Crippen molar-refractivity contribution in [2.45, 2.75) is 45.1 Å². The SMILES string of the molecule is COc1cc(CC(=O)O)ccc1CN1CCCN(c2ccc(OC)c(OCCCC3CC3)c2)C1=O. The number of rotatable bonds is 12. The summed E-state index contributed by atoms with van der Waals surface area (Å²) in [5.41, 5.74) is 2.28. The van der Waals surface area contributed by atoms with E-state index in [1.54, 1.807) is 36.2 Å². The predicted octanol–water partition coefficient (Wildman–Crippen LogP) is 4.73. The number of anilines is 1. The molecular formula is C27H34N2O6. The van der Waals surface area contributed by atoms with Crippen molar-refractivity contribution in [1.29, 1.82) is 0 Å². The van der Waals surface area contributed by atoms with Crippen LogP contribution in [0.1, 0.15) is 43.2 Å². The number of benzene rings is 2. The summed E-state index contributed by atoms with van der Waals surface area (Å²) in [5.74, 6) is 1.87. The highest BCUT2D eigenvalue weighted by Gasteiger charge is 2.28. The van der Waals surface area contributed by atoms with E-state index in [1.807, 2.05) is 24.3 Å². The number of aliphatic carboxylic acids is 1. The van der Waals surface area contributed by atoms with Crippen molar-refractivity contribution in [2.75, 3.05) is 38.8 Å². The van der Waals surface area contributed by atoms with Crippen molar-refractivity contribution in [3.63, 3.8) is 0 Å². The molecule has 0 unspecified atom stereocenters. The van der Waals surface area contributed by atoms with Gasteiger partial charge in [-0.2, -0.15) is 0 Å². The second-order valence-corrected chi connectivity index (χ2v) is 9.20. The number of urea groups is 1. The molecule has 0 radical (unpaired) electrons. The maximum atomic E-state index is 13.4. The van der Waals surface area contributed by atoms with Gasteiger partial charge in [-0.1, -0.05) is 25.0 Å². The molecular weight excluding hydrogens is 448 g/mol. The summed E-state index contributed by atoms with van der Waals surface area (Å²) in [4.78, 5) is 28.0. The van der Waals surface area contributed by atoms with Gasteiger partial charge < -0.3 is 24.2 Å². The van der Waals surface area contributed by atoms with Crippen molar-refractivity contribution in [3.05, 3.63) is 47.5 Å². The molecule has 2 aliphatic rings. The molecule has 1 N–H and O–H groups in total. The van der Waals surface area contributed by atoms with E-state index < -0.39 is 5.97 Å². The average molecular weight is 483 g/mol. The Morgan fingerprint density at radius 3 is 2.54 bits per heavy atom. The van der Waals surface area contributed by atoms with E-state index in [0.717, 1.165) is 30.0 Å². The molecule has 0 aromatic heterocycles. The minimum Gasteiger partial charge on any atom is -0.496 e. The molecule has 1 saturated heterocycles. The summed E-state index contributed by atoms with van der Waals surface area (Å²) < 4.78 is 17.0. The van der Waals surface area contributed by atoms with E-state index in [1.165, 1.54) is 19.3 Å². The monoisotopic (exact) mass is 482 g/mol. The van der Waals surface area contributed by atoms with Gasteiger partial charge in [0.2, 0.25) is 0 Å². The number of hydrogen-bond donors (Lipinski definition) is 1. The molecule has 0 spiro atoms. The zero-order chi connectivity index (χ0) is 24.8. The number of amides is 2. The van der Waals surface area contributed by atoms with Gasteiger partial charge in [-0.05, 0) is 48.9 Å². The Morgan fingerprint density at radius 2 is 1.83 bits per heavy atom. The maximum Gasteiger partial charge on any atom is 0.324 e. The van der Waals surface area contributed by atoms with Crippen LogP contribution in [-0.4, -0.2) is 55.9 Å². The Morgan fingerprint density at radius 1 is 1.03 bits per heavy atom. The Kier molecular flexibility index (Phi) is 8.00. The largest absolute Gasteiger partial charge is 0.496 e. The smallest absolute Gasteiger partial charge is 0.324 e. The molecule has 188 valence electrons. The van der Waals surface area contributed by atoms with E-state index in [2.05, 4.69) is 0 Å². The quantitative estimate of drug-likeness (QED) is 0.440. The zero-order valence-electron chi connectivity index (χ0n) is 20.5. The molecule has 35 heavy (non-hydrogen) atoms. The Hall–Kier alpha value is -3.42. The van der Waals surface area contributed by atoms with Crippen molar-refractivity contribution in [1.82, 2.24) is 4.90 Å². The first-order valence-electron chi connectivity index (χ1n) is 12.2. The van der Waals surface area contributed by atoms with Crippen LogP contribution < -0.4 is 19.1 Å². The van der Waals surface area contributed by atoms with Gasteiger partial charge in [0.15, 0.2) is 11.5 Å². The number of ether oxygens (including phenoxy) is 3. The molecule has 1 aliphatic heterocycles. The molecule has 8 heteroatoms. The molecule has 2 amide bonds. The summed E-state index contributed by atoms with van der Waals surface area (Å²) in [7, 11) is 3.17. The van der Waals surface area contributed by atoms with Gasteiger partial charge in [-0.3, -0.25) is 9.69 Å². The van der Waals surface area contributed by atoms with Crippen LogP contribution in [0.25, 0.3) is 0 Å². The number of carboxylic acid groups (broad SMARTS) is 1. The van der Waals surface area contributed by atoms with E-state index in [9.17, 15) is 9.59 Å². The fourth-order valence-electron chi connectivity index (χ4n) is 4.48. The lowest BCUT2D eigenvalue weighted by atomic mass is 10.1. The van der Waals surface area contributed by atoms with Gasteiger partial charge in [0.25, 0.3) is 0 Å². The summed E-state index contributed by atoms with van der Waals surface area (Å²) in [6, 6.07) is 10.9. The van der Waals surface area contributed by atoms with Crippen LogP contribution in [0.2, 0.25) is 0 Å². The van der Waals surface area contributed by atoms with Gasteiger partial charge in [-0.15, -0.1) is 0 Å². The molecule has 4 rings (SSSR count). The van der Waals surface area contributed by atoms with Gasteiger partial charge in [-0.25, -0.2) is 4.79 Å². The first kappa shape index (κ1) is 24.7. The van der Waals surface area contributed by atoms with E-state index >= 15 is 0 Å². The molecule has 1 aliphatic carbocycles. The number of nitrogens with zero attached hydrogens (tertiary/aromatic N) is 2. The first-order valence-corrected chi connectivity index (χ1v) is 12.2. The molecule has 0 atom stereocenters. The predicted molar refractivity (Wildman–Crippen MR) is 133 cm³/mol. The van der Waals surface area contributed by atoms with E-state index in [4.69, 9.17) is 19.3 Å². The van der Waals surface area contributed by atoms with Crippen molar-refractivity contribution < 1.29 is 28.9 Å². The third kappa shape index (κ3) is 6.38. The lowest BCUT2D eigenvalue weighted by Gasteiger charge is -2.36. The van der Waals surface area contributed by atoms with Gasteiger partial charge in [0.05, 0.1) is 33.8 Å².